The molecule has 11 nitrogen and oxygen atoms in total. The van der Waals surface area contributed by atoms with E-state index in [9.17, 15) is 19.5 Å². The standard InChI is InChI=1S/C18H21NO4.C8H10N4O2/c1-19-8-7-17-14-10-3-4-12(22-2)15(14)23-16(17)11(20)5-6-18(17,21)13(19)9-10;1-10-4-9-6-5(10)7(13)12(3)8(14)11(6)2/h3-4,13,16,21H,5-9H2,1-2H3;4H,1-3H3/t13-,16+,17+,18-;/m1./s1. The van der Waals surface area contributed by atoms with Gasteiger partial charge in [0.15, 0.2) is 34.6 Å². The van der Waals surface area contributed by atoms with Crippen LogP contribution >= 0.6 is 0 Å². The van der Waals surface area contributed by atoms with Gasteiger partial charge in [-0.05, 0) is 44.5 Å². The zero-order chi connectivity index (χ0) is 26.4. The monoisotopic (exact) mass is 509 g/mol. The highest BCUT2D eigenvalue weighted by Crippen LogP contribution is 2.64. The summed E-state index contributed by atoms with van der Waals surface area (Å²) < 4.78 is 15.7. The number of benzene rings is 1. The van der Waals surface area contributed by atoms with E-state index in [4.69, 9.17) is 9.47 Å². The van der Waals surface area contributed by atoms with Gasteiger partial charge in [-0.2, -0.15) is 0 Å². The quantitative estimate of drug-likeness (QED) is 0.488. The number of piperidine rings is 1. The molecular formula is C26H31N5O6. The molecule has 2 aromatic heterocycles. The van der Waals surface area contributed by atoms with Crippen molar-refractivity contribution >= 4 is 16.9 Å². The van der Waals surface area contributed by atoms with Crippen LogP contribution in [0, 0.1) is 0 Å². The number of carbonyl (C=O) groups is 1. The number of rotatable bonds is 1. The van der Waals surface area contributed by atoms with Crippen molar-refractivity contribution in [2.75, 3.05) is 20.7 Å². The van der Waals surface area contributed by atoms with Gasteiger partial charge in [0.1, 0.15) is 0 Å². The molecule has 11 heteroatoms. The van der Waals surface area contributed by atoms with Crippen LogP contribution in [0.1, 0.15) is 30.4 Å². The first kappa shape index (κ1) is 23.9. The number of carbonyl (C=O) groups excluding carboxylic acids is 1. The second kappa shape index (κ2) is 7.78. The van der Waals surface area contributed by atoms with Gasteiger partial charge >= 0.3 is 5.69 Å². The van der Waals surface area contributed by atoms with Crippen LogP contribution in [0.2, 0.25) is 0 Å². The number of ether oxygens (including phenoxy) is 2. The van der Waals surface area contributed by atoms with Gasteiger partial charge in [0.25, 0.3) is 5.56 Å². The summed E-state index contributed by atoms with van der Waals surface area (Å²) in [6.07, 6.45) is 3.41. The molecule has 2 fully saturated rings. The zero-order valence-corrected chi connectivity index (χ0v) is 21.6. The summed E-state index contributed by atoms with van der Waals surface area (Å²) in [5, 5.41) is 11.7. The maximum atomic E-state index is 12.7. The average molecular weight is 510 g/mol. The topological polar surface area (TPSA) is 121 Å². The summed E-state index contributed by atoms with van der Waals surface area (Å²) in [5.74, 6) is 1.47. The highest BCUT2D eigenvalue weighted by molar-refractivity contribution is 5.90. The third-order valence-electron chi connectivity index (χ3n) is 9.05. The minimum Gasteiger partial charge on any atom is -0.493 e. The first-order valence-corrected chi connectivity index (χ1v) is 12.5. The molecule has 0 amide bonds. The molecule has 4 aliphatic rings. The molecule has 1 aromatic carbocycles. The molecule has 2 aliphatic carbocycles. The molecule has 0 unspecified atom stereocenters. The van der Waals surface area contributed by atoms with Gasteiger partial charge < -0.3 is 24.0 Å². The fourth-order valence-corrected chi connectivity index (χ4v) is 7.16. The number of likely N-dealkylation sites (N-methyl/N-ethyl adjacent to an activating group) is 1. The number of aryl methyl sites for hydroxylation is 2. The first-order chi connectivity index (χ1) is 17.6. The van der Waals surface area contributed by atoms with Crippen molar-refractivity contribution in [3.8, 4) is 11.5 Å². The highest BCUT2D eigenvalue weighted by atomic mass is 16.5. The largest absolute Gasteiger partial charge is 0.493 e. The molecule has 7 rings (SSSR count). The summed E-state index contributed by atoms with van der Waals surface area (Å²) >= 11 is 0. The van der Waals surface area contributed by atoms with Crippen LogP contribution in [-0.2, 0) is 37.8 Å². The highest BCUT2D eigenvalue weighted by Gasteiger charge is 2.72. The predicted octanol–water partition coefficient (Wildman–Crippen LogP) is 0.0189. The third kappa shape index (κ3) is 2.84. The van der Waals surface area contributed by atoms with Crippen molar-refractivity contribution in [2.24, 2.45) is 21.1 Å². The Bertz CT molecular complexity index is 1590. The SMILES string of the molecule is COc1ccc2c3c1O[C@H]1C(=O)CC[C@@]4(O)[C@@H](C2)N(C)CC[C@]314.Cn1c(=O)c2c(ncn2C)n(C)c1=O. The molecule has 2 bridgehead atoms. The Morgan fingerprint density at radius 3 is 2.59 bits per heavy atom. The molecule has 0 radical (unpaired) electrons. The van der Waals surface area contributed by atoms with E-state index >= 15 is 0 Å². The number of imidazole rings is 1. The number of hydrogen-bond donors (Lipinski definition) is 1. The maximum Gasteiger partial charge on any atom is 0.332 e. The van der Waals surface area contributed by atoms with Crippen LogP contribution in [0.15, 0.2) is 28.0 Å². The molecule has 37 heavy (non-hydrogen) atoms. The van der Waals surface area contributed by atoms with Crippen molar-refractivity contribution in [3.05, 3.63) is 50.4 Å². The lowest BCUT2D eigenvalue weighted by Gasteiger charge is -2.62. The summed E-state index contributed by atoms with van der Waals surface area (Å²) in [7, 11) is 8.47. The number of ketones is 1. The van der Waals surface area contributed by atoms with Gasteiger partial charge in [-0.25, -0.2) is 9.78 Å². The Balaban J connectivity index is 0.000000155. The van der Waals surface area contributed by atoms with E-state index in [0.29, 0.717) is 35.5 Å². The number of aliphatic hydroxyl groups is 1. The van der Waals surface area contributed by atoms with Crippen LogP contribution in [-0.4, -0.2) is 72.9 Å². The second-order valence-corrected chi connectivity index (χ2v) is 10.7. The number of methoxy groups -OCH3 is 1. The normalized spacial score (nSPS) is 29.4. The molecule has 4 heterocycles. The van der Waals surface area contributed by atoms with Gasteiger partial charge in [0.05, 0.1) is 24.5 Å². The number of fused-ring (bicyclic) bond motifs is 1. The molecule has 1 N–H and O–H groups in total. The van der Waals surface area contributed by atoms with Crippen molar-refractivity contribution in [1.29, 1.82) is 0 Å². The molecular weight excluding hydrogens is 478 g/mol. The first-order valence-electron chi connectivity index (χ1n) is 12.5. The number of hydrogen-bond acceptors (Lipinski definition) is 8. The predicted molar refractivity (Wildman–Crippen MR) is 134 cm³/mol. The molecule has 1 spiro atoms. The average Bonchev–Trinajstić information content (AvgIpc) is 3.45. The fourth-order valence-electron chi connectivity index (χ4n) is 7.16. The van der Waals surface area contributed by atoms with Crippen molar-refractivity contribution in [2.45, 2.75) is 48.8 Å². The van der Waals surface area contributed by atoms with Gasteiger partial charge in [0, 0.05) is 39.2 Å². The lowest BCUT2D eigenvalue weighted by molar-refractivity contribution is -0.185. The van der Waals surface area contributed by atoms with Crippen molar-refractivity contribution in [1.82, 2.24) is 23.6 Å². The van der Waals surface area contributed by atoms with Crippen molar-refractivity contribution < 1.29 is 19.4 Å². The van der Waals surface area contributed by atoms with Crippen LogP contribution in [0.25, 0.3) is 11.2 Å². The van der Waals surface area contributed by atoms with Crippen LogP contribution in [0.4, 0.5) is 0 Å². The maximum absolute atomic E-state index is 12.7. The molecule has 4 atom stereocenters. The van der Waals surface area contributed by atoms with Gasteiger partial charge in [-0.15, -0.1) is 0 Å². The Hall–Kier alpha value is -3.44. The van der Waals surface area contributed by atoms with E-state index in [-0.39, 0.29) is 23.1 Å². The molecule has 2 aliphatic heterocycles. The van der Waals surface area contributed by atoms with E-state index in [0.717, 1.165) is 29.5 Å². The van der Waals surface area contributed by atoms with Gasteiger partial charge in [-0.1, -0.05) is 6.07 Å². The molecule has 196 valence electrons. The van der Waals surface area contributed by atoms with Gasteiger partial charge in [0.2, 0.25) is 0 Å². The number of likely N-dealkylation sites (tertiary alicyclic amines) is 1. The van der Waals surface area contributed by atoms with Gasteiger partial charge in [-0.3, -0.25) is 18.7 Å². The van der Waals surface area contributed by atoms with Crippen LogP contribution in [0.3, 0.4) is 0 Å². The van der Waals surface area contributed by atoms with E-state index in [2.05, 4.69) is 23.0 Å². The minimum absolute atomic E-state index is 0.0438. The van der Waals surface area contributed by atoms with E-state index in [1.807, 2.05) is 6.07 Å². The Morgan fingerprint density at radius 1 is 1.11 bits per heavy atom. The summed E-state index contributed by atoms with van der Waals surface area (Å²) in [5.41, 5.74) is 0.917. The Labute approximate surface area is 212 Å². The summed E-state index contributed by atoms with van der Waals surface area (Å²) in [6, 6.07) is 4.05. The van der Waals surface area contributed by atoms with E-state index < -0.39 is 17.1 Å². The third-order valence-corrected chi connectivity index (χ3v) is 9.05. The lowest BCUT2D eigenvalue weighted by atomic mass is 9.49. The fraction of sp³-hybridized carbons (Fsp3) is 0.538. The van der Waals surface area contributed by atoms with Crippen LogP contribution in [0.5, 0.6) is 11.5 Å². The van der Waals surface area contributed by atoms with Crippen molar-refractivity contribution in [3.63, 3.8) is 0 Å². The number of aromatic nitrogens is 4. The molecule has 3 aromatic rings. The molecule has 1 saturated heterocycles. The van der Waals surface area contributed by atoms with E-state index in [1.54, 1.807) is 25.8 Å². The van der Waals surface area contributed by atoms with Crippen LogP contribution < -0.4 is 20.7 Å². The number of nitrogens with zero attached hydrogens (tertiary/aromatic N) is 5. The smallest absolute Gasteiger partial charge is 0.332 e. The molecule has 1 saturated carbocycles. The zero-order valence-electron chi connectivity index (χ0n) is 21.6. The number of Topliss-reactive ketones (excluding diaryl/α,β-unsaturated/α-hetero) is 1. The minimum atomic E-state index is -0.900. The Morgan fingerprint density at radius 2 is 1.86 bits per heavy atom. The van der Waals surface area contributed by atoms with E-state index in [1.165, 1.54) is 23.5 Å². The Kier molecular flexibility index (Phi) is 5.03. The summed E-state index contributed by atoms with van der Waals surface area (Å²) in [4.78, 5) is 42.1. The lowest BCUT2D eigenvalue weighted by Crippen LogP contribution is -2.76. The summed E-state index contributed by atoms with van der Waals surface area (Å²) in [6.45, 7) is 0.871. The second-order valence-electron chi connectivity index (χ2n) is 10.7.